The molecule has 3 nitrogen and oxygen atoms in total. The predicted octanol–water partition coefficient (Wildman–Crippen LogP) is 13.0. The molecule has 9 saturated carbocycles. The van der Waals surface area contributed by atoms with Crippen molar-refractivity contribution in [2.75, 3.05) is 0 Å². The molecule has 9 aliphatic carbocycles. The van der Waals surface area contributed by atoms with Crippen LogP contribution in [0.2, 0.25) is 0 Å². The van der Waals surface area contributed by atoms with Gasteiger partial charge in [0.05, 0.1) is 24.4 Å². The number of hydrogen-bond acceptors (Lipinski definition) is 4. The van der Waals surface area contributed by atoms with Crippen molar-refractivity contribution in [2.45, 2.75) is 252 Å². The fourth-order valence-electron chi connectivity index (χ4n) is 19.3. The van der Waals surface area contributed by atoms with Gasteiger partial charge in [0, 0.05) is 34.5 Å². The second-order valence-electron chi connectivity index (χ2n) is 23.5. The third kappa shape index (κ3) is 6.72. The van der Waals surface area contributed by atoms with Crippen LogP contribution in [0.15, 0.2) is 0 Å². The van der Waals surface area contributed by atoms with E-state index in [9.17, 15) is 0 Å². The molecule has 0 radical (unpaired) electrons. The minimum Gasteiger partial charge on any atom is -0.374 e. The first-order valence-corrected chi connectivity index (χ1v) is 27.4. The first-order valence-electron chi connectivity index (χ1n) is 26.5. The van der Waals surface area contributed by atoms with E-state index in [0.717, 1.165) is 99.6 Å². The molecule has 0 spiro atoms. The second-order valence-corrected chi connectivity index (χ2v) is 25.0. The van der Waals surface area contributed by atoms with Gasteiger partial charge in [-0.15, -0.1) is 0 Å². The molecule has 0 bridgehead atoms. The molecule has 12 rings (SSSR count). The maximum Gasteiger partial charge on any atom is 0.0652 e. The molecule has 17 unspecified atom stereocenters. The summed E-state index contributed by atoms with van der Waals surface area (Å²) in [6, 6.07) is 2.48. The van der Waals surface area contributed by atoms with E-state index in [1.165, 1.54) is 154 Å². The maximum absolute atomic E-state index is 7.60. The van der Waals surface area contributed by atoms with Crippen molar-refractivity contribution < 1.29 is 9.47 Å². The van der Waals surface area contributed by atoms with E-state index in [2.05, 4.69) is 16.7 Å². The van der Waals surface area contributed by atoms with Crippen molar-refractivity contribution in [3.8, 4) is 0 Å². The topological polar surface area (TPSA) is 21.7 Å². The second kappa shape index (κ2) is 16.2. The molecule has 0 aromatic heterocycles. The van der Waals surface area contributed by atoms with Crippen molar-refractivity contribution in [3.05, 3.63) is 0 Å². The van der Waals surface area contributed by atoms with Gasteiger partial charge in [-0.05, 0) is 200 Å². The highest BCUT2D eigenvalue weighted by Crippen LogP contribution is 2.62. The number of fused-ring (bicyclic) bond motifs is 11. The van der Waals surface area contributed by atoms with Crippen LogP contribution in [-0.4, -0.2) is 57.9 Å². The number of ether oxygens (including phenoxy) is 2. The molecule has 17 atom stereocenters. The van der Waals surface area contributed by atoms with E-state index >= 15 is 0 Å². The van der Waals surface area contributed by atoms with Crippen LogP contribution in [0.4, 0.5) is 0 Å². The lowest BCUT2D eigenvalue weighted by Gasteiger charge is -2.52. The molecule has 56 heavy (non-hydrogen) atoms. The third-order valence-electron chi connectivity index (χ3n) is 21.5. The van der Waals surface area contributed by atoms with Crippen LogP contribution in [0.3, 0.4) is 0 Å². The van der Waals surface area contributed by atoms with Crippen LogP contribution < -0.4 is 0 Å². The molecule has 0 N–H and O–H groups in total. The van der Waals surface area contributed by atoms with E-state index in [4.69, 9.17) is 9.47 Å². The molecule has 3 heterocycles. The van der Waals surface area contributed by atoms with Crippen LogP contribution in [0.25, 0.3) is 0 Å². The van der Waals surface area contributed by atoms with Crippen LogP contribution in [0.5, 0.6) is 0 Å². The van der Waals surface area contributed by atoms with Crippen LogP contribution in [0, 0.1) is 71.0 Å². The molecular weight excluding hydrogens is 703 g/mol. The lowest BCUT2D eigenvalue weighted by atomic mass is 9.59. The minimum absolute atomic E-state index is 0.575. The number of hydrogen-bond donors (Lipinski definition) is 0. The molecule has 0 aromatic rings. The molecule has 3 saturated heterocycles. The van der Waals surface area contributed by atoms with Crippen LogP contribution >= 0.6 is 11.8 Å². The van der Waals surface area contributed by atoms with Gasteiger partial charge in [-0.25, -0.2) is 0 Å². The Balaban J connectivity index is 0.736. The van der Waals surface area contributed by atoms with E-state index < -0.39 is 0 Å². The largest absolute Gasteiger partial charge is 0.374 e. The zero-order chi connectivity index (χ0) is 36.7. The van der Waals surface area contributed by atoms with E-state index in [1.807, 2.05) is 0 Å². The summed E-state index contributed by atoms with van der Waals surface area (Å²) < 4.78 is 14.7. The van der Waals surface area contributed by atoms with E-state index in [0.29, 0.717) is 24.4 Å². The zero-order valence-corrected chi connectivity index (χ0v) is 36.5. The van der Waals surface area contributed by atoms with Gasteiger partial charge in [-0.2, -0.15) is 11.8 Å². The predicted molar refractivity (Wildman–Crippen MR) is 231 cm³/mol. The Morgan fingerprint density at radius 2 is 0.857 bits per heavy atom. The average molecular weight is 786 g/mol. The number of rotatable bonds is 5. The molecule has 0 aromatic carbocycles. The smallest absolute Gasteiger partial charge is 0.0652 e. The van der Waals surface area contributed by atoms with Crippen molar-refractivity contribution in [3.63, 3.8) is 0 Å². The van der Waals surface area contributed by atoms with Gasteiger partial charge in [-0.3, -0.25) is 4.90 Å². The quantitative estimate of drug-likeness (QED) is 0.277. The maximum atomic E-state index is 7.60. The average Bonchev–Trinajstić information content (AvgIpc) is 3.95. The van der Waals surface area contributed by atoms with Crippen molar-refractivity contribution in [1.82, 2.24) is 4.90 Å². The Bertz CT molecular complexity index is 1340. The van der Waals surface area contributed by atoms with Gasteiger partial charge in [0.15, 0.2) is 0 Å². The fourth-order valence-corrected chi connectivity index (χ4v) is 21.3. The summed E-state index contributed by atoms with van der Waals surface area (Å²) >= 11 is 2.44. The summed E-state index contributed by atoms with van der Waals surface area (Å²) in [4.78, 5) is 3.32. The van der Waals surface area contributed by atoms with Crippen LogP contribution in [-0.2, 0) is 9.47 Å². The first-order chi connectivity index (χ1) is 27.7. The zero-order valence-electron chi connectivity index (χ0n) is 35.7. The third-order valence-corrected chi connectivity index (χ3v) is 23.3. The number of nitrogens with zero attached hydrogens (tertiary/aromatic N) is 1. The summed E-state index contributed by atoms with van der Waals surface area (Å²) in [5.74, 6) is 11.6. The van der Waals surface area contributed by atoms with Crippen LogP contribution in [0.1, 0.15) is 199 Å². The summed E-state index contributed by atoms with van der Waals surface area (Å²) in [5.41, 5.74) is 0. The summed E-state index contributed by atoms with van der Waals surface area (Å²) in [7, 11) is 0. The Morgan fingerprint density at radius 1 is 0.321 bits per heavy atom. The standard InChI is InChI=1S/C52H83NO2S/c1-2-11-38-32(9-1)10-7-14-39(38)33-19-23-35(24-20-33)53(37-27-28-42-41-12-3-5-17-46(41)54-47(42)31-37)36-25-21-34(22-26-36)40-15-8-16-43-44-29-30-49-50(52(44)55-51(40)43)45-13-4-6-18-48(45)56-49/h32-52H,1-31H2. The van der Waals surface area contributed by atoms with Gasteiger partial charge in [-0.1, -0.05) is 64.2 Å². The van der Waals surface area contributed by atoms with Gasteiger partial charge >= 0.3 is 0 Å². The van der Waals surface area contributed by atoms with Crippen molar-refractivity contribution >= 4 is 11.8 Å². The Morgan fingerprint density at radius 3 is 1.68 bits per heavy atom. The minimum atomic E-state index is 0.575. The molecule has 12 fully saturated rings. The summed E-state index contributed by atoms with van der Waals surface area (Å²) in [6.07, 6.45) is 48.9. The van der Waals surface area contributed by atoms with Gasteiger partial charge in [0.25, 0.3) is 0 Å². The highest BCUT2D eigenvalue weighted by molar-refractivity contribution is 8.00. The molecule has 12 aliphatic rings. The molecular formula is C52H83NO2S. The number of thioether (sulfide) groups is 1. The fraction of sp³-hybridized carbons (Fsp3) is 1.00. The molecule has 3 aliphatic heterocycles. The Hall–Kier alpha value is 0.230. The lowest BCUT2D eigenvalue weighted by Crippen LogP contribution is -2.55. The van der Waals surface area contributed by atoms with Crippen molar-refractivity contribution in [1.29, 1.82) is 0 Å². The highest BCUT2D eigenvalue weighted by Gasteiger charge is 2.60. The normalized spacial score (nSPS) is 55.6. The van der Waals surface area contributed by atoms with Gasteiger partial charge in [0.2, 0.25) is 0 Å². The Kier molecular flexibility index (Phi) is 11.0. The SMILES string of the molecule is C1CCC2C(C1)CCCC2C1CCC(N(C2CCC(C3CCCC4C5CCC6SC7CCCCC7C6C5OC34)CC2)C2CCC3C(C2)OC2CCCCC23)CC1. The van der Waals surface area contributed by atoms with Gasteiger partial charge < -0.3 is 9.47 Å². The monoisotopic (exact) mass is 786 g/mol. The first kappa shape index (κ1) is 37.9. The molecule has 314 valence electrons. The highest BCUT2D eigenvalue weighted by atomic mass is 32.2. The summed E-state index contributed by atoms with van der Waals surface area (Å²) in [5, 5.41) is 1.91. The van der Waals surface area contributed by atoms with E-state index in [1.54, 1.807) is 44.9 Å². The van der Waals surface area contributed by atoms with Gasteiger partial charge in [0.1, 0.15) is 0 Å². The van der Waals surface area contributed by atoms with E-state index in [-0.39, 0.29) is 0 Å². The summed E-state index contributed by atoms with van der Waals surface area (Å²) in [6.45, 7) is 0. The Labute approximate surface area is 347 Å². The molecule has 4 heteroatoms. The van der Waals surface area contributed by atoms with Crippen molar-refractivity contribution in [2.24, 2.45) is 71.0 Å². The lowest BCUT2D eigenvalue weighted by molar-refractivity contribution is -0.0800. The molecule has 0 amide bonds.